The molecular weight excluding hydrogens is 364 g/mol. The van der Waals surface area contributed by atoms with E-state index in [1.165, 1.54) is 11.8 Å². The van der Waals surface area contributed by atoms with E-state index in [0.717, 1.165) is 12.3 Å². The Kier molecular flexibility index (Phi) is 22.2. The Hall–Kier alpha value is 1.24. The molecule has 0 heterocycles. The molecule has 0 rings (SSSR count). The van der Waals surface area contributed by atoms with E-state index in [1.807, 2.05) is 0 Å². The van der Waals surface area contributed by atoms with Gasteiger partial charge in [-0.15, -0.1) is 0 Å². The van der Waals surface area contributed by atoms with E-state index in [1.54, 1.807) is 0 Å². The number of amidine groups is 1. The Bertz CT molecular complexity index is 70.1. The molecule has 3 nitrogen and oxygen atoms in total. The van der Waals surface area contributed by atoms with Gasteiger partial charge in [0.05, 0.1) is 12.3 Å². The highest BCUT2D eigenvalue weighted by atomic mass is 127. The lowest BCUT2D eigenvalue weighted by molar-refractivity contribution is -0.360. The summed E-state index contributed by atoms with van der Waals surface area (Å²) in [5.41, 5.74) is 8.72. The fraction of sp³-hybridized carbons (Fsp3) is 0.667. The van der Waals surface area contributed by atoms with Crippen LogP contribution in [0, 0.1) is 0 Å². The highest BCUT2D eigenvalue weighted by Crippen LogP contribution is 1.89. The third-order valence-electron chi connectivity index (χ3n) is 0.413. The Morgan fingerprint density at radius 2 is 2.00 bits per heavy atom. The molecule has 0 saturated heterocycles. The van der Waals surface area contributed by atoms with Crippen molar-refractivity contribution in [1.82, 2.24) is 0 Å². The third kappa shape index (κ3) is 17.6. The van der Waals surface area contributed by atoms with E-state index >= 15 is 0 Å². The van der Waals surface area contributed by atoms with Gasteiger partial charge < -0.3 is 53.7 Å². The lowest BCUT2D eigenvalue weighted by atomic mass is 10.8. The van der Waals surface area contributed by atoms with Crippen molar-refractivity contribution in [3.05, 3.63) is 0 Å². The molecule has 9 heavy (non-hydrogen) atoms. The van der Waals surface area contributed by atoms with Crippen LogP contribution < -0.4 is 64.8 Å². The van der Waals surface area contributed by atoms with Gasteiger partial charge in [0.25, 0.3) is 5.17 Å². The van der Waals surface area contributed by atoms with E-state index in [9.17, 15) is 0 Å². The Balaban J connectivity index is -0.000000180. The highest BCUT2D eigenvalue weighted by Gasteiger charge is 1.92. The van der Waals surface area contributed by atoms with E-state index in [2.05, 4.69) is 5.73 Å². The van der Waals surface area contributed by atoms with Crippen molar-refractivity contribution >= 4 is 16.9 Å². The second-order valence-corrected chi connectivity index (χ2v) is 2.27. The van der Waals surface area contributed by atoms with Crippen molar-refractivity contribution in [2.24, 2.45) is 5.73 Å². The van der Waals surface area contributed by atoms with Gasteiger partial charge >= 0.3 is 0 Å². The Labute approximate surface area is 93.2 Å². The zero-order valence-corrected chi connectivity index (χ0v) is 10.1. The molecule has 0 bridgehead atoms. The summed E-state index contributed by atoms with van der Waals surface area (Å²) >= 11 is 1.44. The summed E-state index contributed by atoms with van der Waals surface area (Å²) in [5.74, 6) is 0.919. The minimum absolute atomic E-state index is 0. The van der Waals surface area contributed by atoms with Crippen LogP contribution in [0.2, 0.25) is 0 Å². The summed E-state index contributed by atoms with van der Waals surface area (Å²) in [6.07, 6.45) is 0. The molecule has 6 heteroatoms. The maximum Gasteiger partial charge on any atom is 0.299 e. The zero-order valence-electron chi connectivity index (χ0n) is 4.94. The van der Waals surface area contributed by atoms with Crippen LogP contribution in [0.3, 0.4) is 0 Å². The molecule has 0 fully saturated rings. The van der Waals surface area contributed by atoms with Gasteiger partial charge in [-0.05, 0) is 11.8 Å². The van der Waals surface area contributed by atoms with Crippen molar-refractivity contribution in [2.75, 3.05) is 12.3 Å². The number of hydrogen-bond acceptors (Lipinski definition) is 1. The third-order valence-corrected chi connectivity index (χ3v) is 1.24. The van der Waals surface area contributed by atoms with Crippen molar-refractivity contribution < 1.29 is 59.1 Å². The molecule has 58 valence electrons. The average molecular weight is 375 g/mol. The van der Waals surface area contributed by atoms with Crippen LogP contribution in [0.25, 0.3) is 0 Å². The fourth-order valence-corrected chi connectivity index (χ4v) is 0.570. The van der Waals surface area contributed by atoms with E-state index in [0.29, 0.717) is 5.17 Å². The standard InChI is InChI=1S/C3H9N3S.2HI/c4-1-2-7-3(5)6;;/h1-2,4H2,(H3,5,6);2*1H. The quantitative estimate of drug-likeness (QED) is 0.255. The molecule has 7 N–H and O–H groups in total. The Morgan fingerprint density at radius 3 is 2.11 bits per heavy atom. The van der Waals surface area contributed by atoms with Gasteiger partial charge in [-0.2, -0.15) is 0 Å². The van der Waals surface area contributed by atoms with Gasteiger partial charge in [-0.3, -0.25) is 11.1 Å². The topological polar surface area (TPSA) is 79.2 Å². The fourth-order valence-electron chi connectivity index (χ4n) is 0.190. The lowest BCUT2D eigenvalue weighted by Crippen LogP contribution is -3.00. The van der Waals surface area contributed by atoms with E-state index in [-0.39, 0.29) is 48.0 Å². The summed E-state index contributed by atoms with van der Waals surface area (Å²) in [6.45, 7) is 0.878. The van der Waals surface area contributed by atoms with E-state index < -0.39 is 0 Å². The Morgan fingerprint density at radius 1 is 1.56 bits per heavy atom. The lowest BCUT2D eigenvalue weighted by Gasteiger charge is -1.83. The second kappa shape index (κ2) is 12.0. The van der Waals surface area contributed by atoms with Gasteiger partial charge in [0, 0.05) is 0 Å². The summed E-state index contributed by atoms with van der Waals surface area (Å²) < 4.78 is 0. The summed E-state index contributed by atoms with van der Waals surface area (Å²) in [4.78, 5) is 0. The molecule has 0 aliphatic carbocycles. The molecule has 0 unspecified atom stereocenters. The van der Waals surface area contributed by atoms with Gasteiger partial charge in [0.2, 0.25) is 0 Å². The van der Waals surface area contributed by atoms with Crippen molar-refractivity contribution in [1.29, 1.82) is 0 Å². The number of quaternary nitrogens is 1. The van der Waals surface area contributed by atoms with Gasteiger partial charge in [0.15, 0.2) is 0 Å². The number of nitrogens with two attached hydrogens (primary N) is 2. The first-order valence-corrected chi connectivity index (χ1v) is 3.06. The molecule has 0 aromatic rings. The van der Waals surface area contributed by atoms with Crippen LogP contribution in [-0.2, 0) is 0 Å². The predicted octanol–water partition coefficient (Wildman–Crippen LogP) is -8.96. The molecule has 0 aliphatic rings. The molecule has 0 saturated carbocycles. The van der Waals surface area contributed by atoms with Crippen LogP contribution in [0.5, 0.6) is 0 Å². The average Bonchev–Trinajstić information content (AvgIpc) is 1.61. The van der Waals surface area contributed by atoms with Crippen LogP contribution >= 0.6 is 11.8 Å². The summed E-state index contributed by atoms with van der Waals surface area (Å²) in [6, 6.07) is 0. The summed E-state index contributed by atoms with van der Waals surface area (Å²) in [7, 11) is 0. The molecule has 0 radical (unpaired) electrons. The monoisotopic (exact) mass is 375 g/mol. The minimum Gasteiger partial charge on any atom is -1.00 e. The number of hydrogen-bond donors (Lipinski definition) is 3. The molecule has 0 aliphatic heterocycles. The first-order valence-electron chi connectivity index (χ1n) is 2.07. The van der Waals surface area contributed by atoms with Crippen molar-refractivity contribution in [3.63, 3.8) is 0 Å². The van der Waals surface area contributed by atoms with Gasteiger partial charge in [0.1, 0.15) is 0 Å². The molecule has 0 aromatic carbocycles. The first-order chi connectivity index (χ1) is 3.27. The minimum atomic E-state index is 0. The molecular formula is C3H11I2N3S. The number of halogens is 2. The van der Waals surface area contributed by atoms with E-state index in [4.69, 9.17) is 11.1 Å². The maximum atomic E-state index is 5.11. The van der Waals surface area contributed by atoms with Gasteiger partial charge in [-0.25, -0.2) is 0 Å². The predicted molar refractivity (Wildman–Crippen MR) is 31.3 cm³/mol. The normalized spacial score (nSPS) is 6.78. The van der Waals surface area contributed by atoms with Gasteiger partial charge in [-0.1, -0.05) is 0 Å². The van der Waals surface area contributed by atoms with Crippen LogP contribution in [0.1, 0.15) is 0 Å². The van der Waals surface area contributed by atoms with Crippen LogP contribution in [0.15, 0.2) is 0 Å². The number of thioether (sulfide) groups is 1. The van der Waals surface area contributed by atoms with Crippen molar-refractivity contribution in [2.45, 2.75) is 0 Å². The smallest absolute Gasteiger partial charge is 0.299 e. The SMILES string of the molecule is NC(=[NH2+])SCC[NH3+].[I-].[I-]. The van der Waals surface area contributed by atoms with Crippen molar-refractivity contribution in [3.8, 4) is 0 Å². The van der Waals surface area contributed by atoms with Crippen LogP contribution in [-0.4, -0.2) is 17.5 Å². The maximum absolute atomic E-state index is 5.11. The largest absolute Gasteiger partial charge is 1.00 e. The first kappa shape index (κ1) is 16.7. The number of rotatable bonds is 2. The molecule has 0 aromatic heterocycles. The second-order valence-electron chi connectivity index (χ2n) is 1.10. The molecule has 0 atom stereocenters. The molecule has 0 spiro atoms. The molecule has 0 amide bonds. The highest BCUT2D eigenvalue weighted by molar-refractivity contribution is 8.13. The van der Waals surface area contributed by atoms with Crippen LogP contribution in [0.4, 0.5) is 0 Å². The zero-order chi connectivity index (χ0) is 5.70. The summed E-state index contributed by atoms with van der Waals surface area (Å²) in [5, 5.41) is 5.54.